The Morgan fingerprint density at radius 3 is 2.71 bits per heavy atom. The minimum Gasteiger partial charge on any atom is -0.484 e. The minimum atomic E-state index is -1.08. The number of ether oxygens (including phenoxy) is 1. The highest BCUT2D eigenvalue weighted by atomic mass is 33.1. The Hall–Kier alpha value is -2.57. The topological polar surface area (TPSA) is 122 Å². The van der Waals surface area contributed by atoms with Crippen LogP contribution in [0.2, 0.25) is 0 Å². The summed E-state index contributed by atoms with van der Waals surface area (Å²) in [4.78, 5) is 37.1. The van der Waals surface area contributed by atoms with Crippen LogP contribution in [0.4, 0.5) is 0 Å². The van der Waals surface area contributed by atoms with E-state index >= 15 is 0 Å². The van der Waals surface area contributed by atoms with Crippen LogP contribution in [0.5, 0.6) is 5.75 Å². The molecular weight excluding hydrogens is 460 g/mol. The van der Waals surface area contributed by atoms with Gasteiger partial charge in [0.05, 0.1) is 5.92 Å². The van der Waals surface area contributed by atoms with E-state index < -0.39 is 17.3 Å². The minimum absolute atomic E-state index is 0.165. The summed E-state index contributed by atoms with van der Waals surface area (Å²) in [6, 6.07) is 8.96. The molecule has 0 aliphatic carbocycles. The number of β-lactam (4-membered cyclic amide) rings is 1. The van der Waals surface area contributed by atoms with Crippen molar-refractivity contribution in [1.82, 2.24) is 20.4 Å². The largest absolute Gasteiger partial charge is 0.484 e. The number of carboxylic acid groups (broad SMARTS) is 1. The van der Waals surface area contributed by atoms with Crippen molar-refractivity contribution in [2.45, 2.75) is 23.6 Å². The molecule has 1 aliphatic rings. The molecule has 31 heavy (non-hydrogen) atoms. The molecule has 1 aromatic heterocycles. The standard InChI is InChI=1S/C19H20N4O5S3/c1-11(8-20-14(24)10-28-13-6-4-3-5-7-13)16-17(27)23(9-15(25)26)18(16)30-31-19-22-21-12(2)29-19/h3-8,16,18H,9-10H2,1-2H3,(H,20,24)(H,25,26). The first kappa shape index (κ1) is 23.1. The van der Waals surface area contributed by atoms with Crippen molar-refractivity contribution in [1.29, 1.82) is 0 Å². The van der Waals surface area contributed by atoms with Crippen LogP contribution in [0.3, 0.4) is 0 Å². The van der Waals surface area contributed by atoms with E-state index in [-0.39, 0.29) is 25.0 Å². The Balaban J connectivity index is 1.59. The first-order valence-corrected chi connectivity index (χ1v) is 12.2. The number of nitrogens with one attached hydrogen (secondary N) is 1. The number of benzene rings is 1. The number of aromatic nitrogens is 2. The van der Waals surface area contributed by atoms with Crippen LogP contribution in [-0.4, -0.2) is 56.5 Å². The van der Waals surface area contributed by atoms with Crippen molar-refractivity contribution in [3.05, 3.63) is 47.1 Å². The predicted octanol–water partition coefficient (Wildman–Crippen LogP) is 2.55. The van der Waals surface area contributed by atoms with Crippen LogP contribution in [0.1, 0.15) is 11.9 Å². The fourth-order valence-electron chi connectivity index (χ4n) is 2.76. The molecule has 0 radical (unpaired) electrons. The number of hydrogen-bond acceptors (Lipinski definition) is 9. The molecule has 164 valence electrons. The molecule has 0 bridgehead atoms. The summed E-state index contributed by atoms with van der Waals surface area (Å²) in [7, 11) is 2.70. The van der Waals surface area contributed by atoms with Gasteiger partial charge in [0.15, 0.2) is 10.9 Å². The smallest absolute Gasteiger partial charge is 0.323 e. The molecule has 0 spiro atoms. The van der Waals surface area contributed by atoms with Crippen molar-refractivity contribution in [2.75, 3.05) is 13.2 Å². The van der Waals surface area contributed by atoms with E-state index in [0.29, 0.717) is 11.3 Å². The number of likely N-dealkylation sites (tertiary alicyclic amines) is 1. The van der Waals surface area contributed by atoms with Crippen molar-refractivity contribution in [3.63, 3.8) is 0 Å². The summed E-state index contributed by atoms with van der Waals surface area (Å²) in [5, 5.41) is 20.1. The highest BCUT2D eigenvalue weighted by Gasteiger charge is 2.49. The van der Waals surface area contributed by atoms with E-state index in [9.17, 15) is 14.4 Å². The molecule has 2 atom stereocenters. The van der Waals surface area contributed by atoms with Gasteiger partial charge in [0.1, 0.15) is 22.7 Å². The monoisotopic (exact) mass is 480 g/mol. The lowest BCUT2D eigenvalue weighted by molar-refractivity contribution is -0.155. The maximum absolute atomic E-state index is 12.6. The Labute approximate surface area is 190 Å². The summed E-state index contributed by atoms with van der Waals surface area (Å²) in [6.07, 6.45) is 1.48. The molecule has 2 amide bonds. The highest BCUT2D eigenvalue weighted by Crippen LogP contribution is 2.47. The zero-order chi connectivity index (χ0) is 22.4. The number of hydrogen-bond donors (Lipinski definition) is 2. The van der Waals surface area contributed by atoms with Crippen molar-refractivity contribution in [3.8, 4) is 5.75 Å². The molecule has 2 aromatic rings. The number of aliphatic carboxylic acids is 1. The quantitative estimate of drug-likeness (QED) is 0.390. The zero-order valence-corrected chi connectivity index (χ0v) is 19.1. The molecule has 1 aliphatic heterocycles. The average molecular weight is 481 g/mol. The van der Waals surface area contributed by atoms with Crippen LogP contribution < -0.4 is 10.1 Å². The number of carbonyl (C=O) groups is 3. The third-order valence-corrected chi connectivity index (χ3v) is 8.08. The molecule has 2 unspecified atom stereocenters. The van der Waals surface area contributed by atoms with Crippen LogP contribution >= 0.6 is 32.9 Å². The third kappa shape index (κ3) is 6.21. The van der Waals surface area contributed by atoms with Gasteiger partial charge in [-0.05, 0) is 42.3 Å². The second-order valence-corrected chi connectivity index (χ2v) is 10.3. The van der Waals surface area contributed by atoms with E-state index in [2.05, 4.69) is 15.5 Å². The van der Waals surface area contributed by atoms with Gasteiger partial charge in [-0.25, -0.2) is 0 Å². The van der Waals surface area contributed by atoms with Gasteiger partial charge in [-0.3, -0.25) is 14.4 Å². The number of nitrogens with zero attached hydrogens (tertiary/aromatic N) is 3. The van der Waals surface area contributed by atoms with Gasteiger partial charge in [0, 0.05) is 6.20 Å². The van der Waals surface area contributed by atoms with Crippen LogP contribution in [0, 0.1) is 12.8 Å². The van der Waals surface area contributed by atoms with E-state index in [0.717, 1.165) is 9.35 Å². The Morgan fingerprint density at radius 1 is 1.32 bits per heavy atom. The summed E-state index contributed by atoms with van der Waals surface area (Å²) in [6.45, 7) is 3.03. The molecule has 2 N–H and O–H groups in total. The number of rotatable bonds is 10. The average Bonchev–Trinajstić information content (AvgIpc) is 3.17. The van der Waals surface area contributed by atoms with Crippen LogP contribution in [0.15, 0.2) is 46.4 Å². The molecule has 3 rings (SSSR count). The van der Waals surface area contributed by atoms with Crippen molar-refractivity contribution >= 4 is 50.7 Å². The number of para-hydroxylation sites is 1. The van der Waals surface area contributed by atoms with Gasteiger partial charge in [-0.2, -0.15) is 0 Å². The number of amides is 2. The van der Waals surface area contributed by atoms with Gasteiger partial charge in [0.2, 0.25) is 5.91 Å². The first-order valence-electron chi connectivity index (χ1n) is 9.14. The van der Waals surface area contributed by atoms with E-state index in [1.807, 2.05) is 13.0 Å². The van der Waals surface area contributed by atoms with Crippen LogP contribution in [0.25, 0.3) is 0 Å². The van der Waals surface area contributed by atoms with Gasteiger partial charge >= 0.3 is 5.97 Å². The normalized spacial score (nSPS) is 18.5. The van der Waals surface area contributed by atoms with E-state index in [4.69, 9.17) is 9.84 Å². The maximum Gasteiger partial charge on any atom is 0.323 e. The summed E-state index contributed by atoms with van der Waals surface area (Å²) in [5.74, 6) is -1.70. The Kier molecular flexibility index (Phi) is 7.93. The first-order chi connectivity index (χ1) is 14.8. The summed E-state index contributed by atoms with van der Waals surface area (Å²) < 4.78 is 6.12. The lowest BCUT2D eigenvalue weighted by Crippen LogP contribution is -2.60. The van der Waals surface area contributed by atoms with Gasteiger partial charge in [-0.15, -0.1) is 10.2 Å². The molecule has 2 heterocycles. The fraction of sp³-hybridized carbons (Fsp3) is 0.316. The predicted molar refractivity (Wildman–Crippen MR) is 119 cm³/mol. The van der Waals surface area contributed by atoms with Crippen LogP contribution in [-0.2, 0) is 14.4 Å². The van der Waals surface area contributed by atoms with Gasteiger partial charge < -0.3 is 20.1 Å². The molecule has 1 aromatic carbocycles. The summed E-state index contributed by atoms with van der Waals surface area (Å²) in [5.41, 5.74) is 0.631. The van der Waals surface area contributed by atoms with Gasteiger partial charge in [-0.1, -0.05) is 40.3 Å². The molecule has 1 saturated heterocycles. The highest BCUT2D eigenvalue weighted by molar-refractivity contribution is 8.77. The second kappa shape index (κ2) is 10.6. The number of aryl methyl sites for hydroxylation is 1. The SMILES string of the molecule is CC(=CNC(=O)COc1ccccc1)C1C(=O)N(CC(=O)O)C1SSc1nnc(C)s1. The number of carbonyl (C=O) groups excluding carboxylic acids is 2. The van der Waals surface area contributed by atoms with E-state index in [1.54, 1.807) is 31.2 Å². The lowest BCUT2D eigenvalue weighted by Gasteiger charge is -2.45. The molecule has 12 heteroatoms. The zero-order valence-electron chi connectivity index (χ0n) is 16.7. The lowest BCUT2D eigenvalue weighted by atomic mass is 9.91. The maximum atomic E-state index is 12.6. The molecule has 1 fully saturated rings. The molecule has 9 nitrogen and oxygen atoms in total. The van der Waals surface area contributed by atoms with Crippen molar-refractivity contribution < 1.29 is 24.2 Å². The molecular formula is C19H20N4O5S3. The number of carboxylic acids is 1. The third-order valence-electron chi connectivity index (χ3n) is 4.24. The Morgan fingerprint density at radius 2 is 2.06 bits per heavy atom. The fourth-order valence-corrected chi connectivity index (χ4v) is 6.60. The Bertz CT molecular complexity index is 982. The summed E-state index contributed by atoms with van der Waals surface area (Å²) >= 11 is 1.42. The second-order valence-electron chi connectivity index (χ2n) is 6.55. The van der Waals surface area contributed by atoms with E-state index in [1.165, 1.54) is 44.0 Å². The molecule has 0 saturated carbocycles. The van der Waals surface area contributed by atoms with Crippen molar-refractivity contribution in [2.24, 2.45) is 5.92 Å². The van der Waals surface area contributed by atoms with Gasteiger partial charge in [0.25, 0.3) is 5.91 Å².